The van der Waals surface area contributed by atoms with Crippen LogP contribution in [0.4, 0.5) is 11.4 Å². The zero-order valence-corrected chi connectivity index (χ0v) is 18.6. The van der Waals surface area contributed by atoms with Crippen LogP contribution in [-0.2, 0) is 6.61 Å². The monoisotopic (exact) mass is 465 g/mol. The first-order valence-electron chi connectivity index (χ1n) is 10.4. The van der Waals surface area contributed by atoms with Crippen LogP contribution in [0.2, 0.25) is 0 Å². The van der Waals surface area contributed by atoms with E-state index in [9.17, 15) is 24.8 Å². The van der Waals surface area contributed by atoms with E-state index in [1.54, 1.807) is 24.4 Å². The number of carboxylic acid groups (broad SMARTS) is 1. The van der Waals surface area contributed by atoms with Crippen molar-refractivity contribution < 1.29 is 29.1 Å². The van der Waals surface area contributed by atoms with Gasteiger partial charge in [-0.1, -0.05) is 19.9 Å². The molecule has 0 bridgehead atoms. The molecule has 2 aromatic carbocycles. The first-order chi connectivity index (χ1) is 16.2. The smallest absolute Gasteiger partial charge is 0.335 e. The lowest BCUT2D eigenvalue weighted by Gasteiger charge is -2.15. The fourth-order valence-electron chi connectivity index (χ4n) is 2.89. The van der Waals surface area contributed by atoms with Gasteiger partial charge in [-0.25, -0.2) is 4.79 Å². The highest BCUT2D eigenvalue weighted by Gasteiger charge is 2.20. The van der Waals surface area contributed by atoms with Crippen LogP contribution in [0.1, 0.15) is 40.3 Å². The predicted molar refractivity (Wildman–Crippen MR) is 123 cm³/mol. The number of hydrogen-bond donors (Lipinski definition) is 2. The SMILES string of the molecule is CC(C)COc1cc(C(=O)O)ccc1NC(=O)c1ccc([N+](=O)[O-])c(OCc2ccccn2)c1. The molecule has 0 unspecified atom stereocenters. The molecule has 0 spiro atoms. The second-order valence-corrected chi connectivity index (χ2v) is 7.72. The van der Waals surface area contributed by atoms with E-state index in [1.165, 1.54) is 36.4 Å². The van der Waals surface area contributed by atoms with Crippen molar-refractivity contribution in [2.45, 2.75) is 20.5 Å². The highest BCUT2D eigenvalue weighted by atomic mass is 16.6. The largest absolute Gasteiger partial charge is 0.491 e. The number of hydrogen-bond acceptors (Lipinski definition) is 7. The molecule has 10 nitrogen and oxygen atoms in total. The van der Waals surface area contributed by atoms with Crippen LogP contribution in [-0.4, -0.2) is 33.5 Å². The van der Waals surface area contributed by atoms with Gasteiger partial charge in [0.1, 0.15) is 12.4 Å². The Hall–Kier alpha value is -4.47. The Morgan fingerprint density at radius 1 is 1.06 bits per heavy atom. The third-order valence-corrected chi connectivity index (χ3v) is 4.57. The summed E-state index contributed by atoms with van der Waals surface area (Å²) in [5.74, 6) is -1.41. The standard InChI is InChI=1S/C24H23N3O7/c1-15(2)13-33-21-12-17(24(29)30)6-8-19(21)26-23(28)16-7-9-20(27(31)32)22(11-16)34-14-18-5-3-4-10-25-18/h3-12,15H,13-14H2,1-2H3,(H,26,28)(H,29,30). The minimum Gasteiger partial charge on any atom is -0.491 e. The van der Waals surface area contributed by atoms with Crippen molar-refractivity contribution >= 4 is 23.3 Å². The summed E-state index contributed by atoms with van der Waals surface area (Å²) in [5, 5.41) is 23.3. The van der Waals surface area contributed by atoms with Crippen LogP contribution in [0.15, 0.2) is 60.8 Å². The van der Waals surface area contributed by atoms with Crippen molar-refractivity contribution in [3.8, 4) is 11.5 Å². The Morgan fingerprint density at radius 3 is 2.44 bits per heavy atom. The summed E-state index contributed by atoms with van der Waals surface area (Å²) >= 11 is 0. The number of rotatable bonds is 10. The molecule has 3 rings (SSSR count). The van der Waals surface area contributed by atoms with Gasteiger partial charge in [0.05, 0.1) is 28.5 Å². The van der Waals surface area contributed by atoms with E-state index >= 15 is 0 Å². The summed E-state index contributed by atoms with van der Waals surface area (Å²) in [6.07, 6.45) is 1.57. The molecule has 34 heavy (non-hydrogen) atoms. The molecule has 1 aromatic heterocycles. The fourth-order valence-corrected chi connectivity index (χ4v) is 2.89. The molecule has 3 aromatic rings. The molecule has 0 aliphatic heterocycles. The normalized spacial score (nSPS) is 10.6. The minimum atomic E-state index is -1.13. The molecular formula is C24H23N3O7. The maximum absolute atomic E-state index is 12.9. The number of benzene rings is 2. The van der Waals surface area contributed by atoms with E-state index < -0.39 is 16.8 Å². The van der Waals surface area contributed by atoms with Gasteiger partial charge in [-0.2, -0.15) is 0 Å². The molecule has 176 valence electrons. The van der Waals surface area contributed by atoms with Crippen molar-refractivity contribution in [3.63, 3.8) is 0 Å². The van der Waals surface area contributed by atoms with Crippen molar-refractivity contribution in [1.29, 1.82) is 0 Å². The summed E-state index contributed by atoms with van der Waals surface area (Å²) in [7, 11) is 0. The highest BCUT2D eigenvalue weighted by molar-refractivity contribution is 6.05. The Morgan fingerprint density at radius 2 is 1.79 bits per heavy atom. The second-order valence-electron chi connectivity index (χ2n) is 7.72. The number of nitro groups is 1. The van der Waals surface area contributed by atoms with E-state index in [0.717, 1.165) is 0 Å². The average molecular weight is 465 g/mol. The van der Waals surface area contributed by atoms with Gasteiger partial charge in [0, 0.05) is 23.9 Å². The number of aromatic carboxylic acids is 1. The van der Waals surface area contributed by atoms with Gasteiger partial charge >= 0.3 is 11.7 Å². The van der Waals surface area contributed by atoms with Crippen molar-refractivity contribution in [2.24, 2.45) is 5.92 Å². The van der Waals surface area contributed by atoms with Gasteiger partial charge in [-0.3, -0.25) is 19.9 Å². The van der Waals surface area contributed by atoms with Gasteiger partial charge in [0.2, 0.25) is 0 Å². The van der Waals surface area contributed by atoms with Gasteiger partial charge in [-0.15, -0.1) is 0 Å². The zero-order valence-electron chi connectivity index (χ0n) is 18.6. The van der Waals surface area contributed by atoms with E-state index in [0.29, 0.717) is 12.3 Å². The van der Waals surface area contributed by atoms with Crippen LogP contribution in [0.3, 0.4) is 0 Å². The first kappa shape index (κ1) is 24.2. The third-order valence-electron chi connectivity index (χ3n) is 4.57. The molecule has 0 radical (unpaired) electrons. The van der Waals surface area contributed by atoms with Crippen molar-refractivity contribution in [1.82, 2.24) is 4.98 Å². The summed E-state index contributed by atoms with van der Waals surface area (Å²) in [4.78, 5) is 39.1. The number of nitrogens with zero attached hydrogens (tertiary/aromatic N) is 2. The number of aromatic nitrogens is 1. The minimum absolute atomic E-state index is 0.0114. The number of ether oxygens (including phenoxy) is 2. The number of nitrogens with one attached hydrogen (secondary N) is 1. The Balaban J connectivity index is 1.85. The van der Waals surface area contributed by atoms with Gasteiger partial charge in [0.15, 0.2) is 5.75 Å². The molecule has 10 heteroatoms. The molecule has 0 saturated heterocycles. The number of pyridine rings is 1. The molecule has 2 N–H and O–H groups in total. The quantitative estimate of drug-likeness (QED) is 0.328. The first-order valence-corrected chi connectivity index (χ1v) is 10.4. The van der Waals surface area contributed by atoms with Crippen molar-refractivity contribution in [2.75, 3.05) is 11.9 Å². The lowest BCUT2D eigenvalue weighted by molar-refractivity contribution is -0.385. The van der Waals surface area contributed by atoms with Crippen LogP contribution in [0, 0.1) is 16.0 Å². The fraction of sp³-hybridized carbons (Fsp3) is 0.208. The molecule has 0 saturated carbocycles. The molecule has 0 atom stereocenters. The maximum atomic E-state index is 12.9. The third kappa shape index (κ3) is 6.28. The van der Waals surface area contributed by atoms with Gasteiger partial charge in [0.25, 0.3) is 5.91 Å². The Bertz CT molecular complexity index is 1200. The molecular weight excluding hydrogens is 442 g/mol. The lowest BCUT2D eigenvalue weighted by atomic mass is 10.1. The molecule has 1 amide bonds. The molecule has 0 aliphatic carbocycles. The van der Waals surface area contributed by atoms with Crippen LogP contribution >= 0.6 is 0 Å². The number of carbonyl (C=O) groups excluding carboxylic acids is 1. The van der Waals surface area contributed by atoms with Crippen LogP contribution < -0.4 is 14.8 Å². The number of amides is 1. The molecule has 0 aliphatic rings. The van der Waals surface area contributed by atoms with E-state index in [4.69, 9.17) is 9.47 Å². The highest BCUT2D eigenvalue weighted by Crippen LogP contribution is 2.31. The van der Waals surface area contributed by atoms with E-state index in [2.05, 4.69) is 10.3 Å². The van der Waals surface area contributed by atoms with E-state index in [-0.39, 0.29) is 46.5 Å². The topological polar surface area (TPSA) is 141 Å². The summed E-state index contributed by atoms with van der Waals surface area (Å²) < 4.78 is 11.3. The Kier molecular flexibility index (Phi) is 7.75. The zero-order chi connectivity index (χ0) is 24.7. The summed E-state index contributed by atoms with van der Waals surface area (Å²) in [5.41, 5.74) is 0.664. The van der Waals surface area contributed by atoms with Crippen molar-refractivity contribution in [3.05, 3.63) is 87.7 Å². The maximum Gasteiger partial charge on any atom is 0.335 e. The average Bonchev–Trinajstić information content (AvgIpc) is 2.82. The van der Waals surface area contributed by atoms with Crippen LogP contribution in [0.5, 0.6) is 11.5 Å². The second kappa shape index (κ2) is 10.9. The van der Waals surface area contributed by atoms with Gasteiger partial charge in [-0.05, 0) is 42.3 Å². The number of carbonyl (C=O) groups is 2. The number of carboxylic acids is 1. The number of anilines is 1. The van der Waals surface area contributed by atoms with Crippen LogP contribution in [0.25, 0.3) is 0 Å². The molecule has 0 fully saturated rings. The number of nitro benzene ring substituents is 1. The lowest BCUT2D eigenvalue weighted by Crippen LogP contribution is -2.15. The van der Waals surface area contributed by atoms with Gasteiger partial charge < -0.3 is 19.9 Å². The van der Waals surface area contributed by atoms with E-state index in [1.807, 2.05) is 13.8 Å². The molecule has 1 heterocycles. The predicted octanol–water partition coefficient (Wildman–Crippen LogP) is 4.55. The summed E-state index contributed by atoms with van der Waals surface area (Å²) in [6.45, 7) is 4.16. The Labute approximate surface area is 195 Å². The summed E-state index contributed by atoms with van der Waals surface area (Å²) in [6, 6.07) is 13.1.